The molecule has 0 bridgehead atoms. The molecule has 0 aliphatic heterocycles. The number of carbonyl (C=O) groups is 2. The molecule has 0 spiro atoms. The molecule has 3 rings (SSSR count). The van der Waals surface area contributed by atoms with E-state index in [-0.39, 0.29) is 28.7 Å². The van der Waals surface area contributed by atoms with Crippen molar-refractivity contribution in [3.63, 3.8) is 0 Å². The van der Waals surface area contributed by atoms with Crippen LogP contribution in [0.15, 0.2) is 83.8 Å². The van der Waals surface area contributed by atoms with E-state index in [0.29, 0.717) is 6.54 Å². The standard InChI is InChI=1S/C29H34N4O6S/c1-4-5-18-30-29(35)23(3)31(20-24-13-10-9-12-22(24)2)28(34)21-32(25-14-11-15-26(19-25)33(36)37)40(38,39)27-16-7-6-8-17-27/h6-17,19,23H,4-5,18,20-21H2,1-3H3,(H,30,35)/t23-/m1/s1. The zero-order valence-electron chi connectivity index (χ0n) is 22.8. The Bertz CT molecular complexity index is 1450. The Hall–Kier alpha value is -4.25. The summed E-state index contributed by atoms with van der Waals surface area (Å²) in [4.78, 5) is 39.0. The van der Waals surface area contributed by atoms with Crippen LogP contribution in [-0.4, -0.2) is 49.2 Å². The highest BCUT2D eigenvalue weighted by Gasteiger charge is 2.33. The molecule has 40 heavy (non-hydrogen) atoms. The van der Waals surface area contributed by atoms with Crippen molar-refractivity contribution in [2.24, 2.45) is 0 Å². The average Bonchev–Trinajstić information content (AvgIpc) is 2.95. The van der Waals surface area contributed by atoms with Crippen molar-refractivity contribution in [1.82, 2.24) is 10.2 Å². The van der Waals surface area contributed by atoms with Crippen LogP contribution in [0.5, 0.6) is 0 Å². The molecule has 0 aliphatic rings. The Morgan fingerprint density at radius 1 is 1.00 bits per heavy atom. The number of hydrogen-bond acceptors (Lipinski definition) is 6. The number of nitro benzene ring substituents is 1. The van der Waals surface area contributed by atoms with E-state index in [1.807, 2.05) is 38.1 Å². The molecular formula is C29H34N4O6S. The first-order valence-corrected chi connectivity index (χ1v) is 14.4. The van der Waals surface area contributed by atoms with Crippen molar-refractivity contribution in [2.45, 2.75) is 51.1 Å². The summed E-state index contributed by atoms with van der Waals surface area (Å²) >= 11 is 0. The van der Waals surface area contributed by atoms with Gasteiger partial charge in [0.25, 0.3) is 15.7 Å². The maximum Gasteiger partial charge on any atom is 0.271 e. The zero-order valence-corrected chi connectivity index (χ0v) is 23.6. The number of benzene rings is 3. The number of amides is 2. The highest BCUT2D eigenvalue weighted by Crippen LogP contribution is 2.27. The maximum absolute atomic E-state index is 13.9. The molecule has 0 saturated heterocycles. The molecular weight excluding hydrogens is 532 g/mol. The molecule has 0 saturated carbocycles. The van der Waals surface area contributed by atoms with Crippen molar-refractivity contribution in [1.29, 1.82) is 0 Å². The molecule has 0 radical (unpaired) electrons. The van der Waals surface area contributed by atoms with Crippen LogP contribution in [0.25, 0.3) is 0 Å². The fourth-order valence-corrected chi connectivity index (χ4v) is 5.53. The summed E-state index contributed by atoms with van der Waals surface area (Å²) in [6, 6.07) is 19.2. The lowest BCUT2D eigenvalue weighted by molar-refractivity contribution is -0.384. The minimum atomic E-state index is -4.31. The van der Waals surface area contributed by atoms with E-state index in [2.05, 4.69) is 5.32 Å². The van der Waals surface area contributed by atoms with Gasteiger partial charge in [-0.2, -0.15) is 0 Å². The molecule has 0 heterocycles. The summed E-state index contributed by atoms with van der Waals surface area (Å²) < 4.78 is 28.4. The number of hydrogen-bond donors (Lipinski definition) is 1. The SMILES string of the molecule is CCCCNC(=O)[C@@H](C)N(Cc1ccccc1C)C(=O)CN(c1cccc([N+](=O)[O-])c1)S(=O)(=O)c1ccccc1. The molecule has 0 fully saturated rings. The van der Waals surface area contributed by atoms with E-state index in [0.717, 1.165) is 34.3 Å². The van der Waals surface area contributed by atoms with Crippen molar-refractivity contribution < 1.29 is 22.9 Å². The quantitative estimate of drug-likeness (QED) is 0.185. The minimum Gasteiger partial charge on any atom is -0.354 e. The molecule has 3 aromatic carbocycles. The van der Waals surface area contributed by atoms with Crippen LogP contribution in [0.4, 0.5) is 11.4 Å². The van der Waals surface area contributed by atoms with E-state index in [4.69, 9.17) is 0 Å². The van der Waals surface area contributed by atoms with Gasteiger partial charge >= 0.3 is 0 Å². The van der Waals surface area contributed by atoms with Gasteiger partial charge in [0.2, 0.25) is 11.8 Å². The highest BCUT2D eigenvalue weighted by atomic mass is 32.2. The van der Waals surface area contributed by atoms with Gasteiger partial charge in [-0.15, -0.1) is 0 Å². The van der Waals surface area contributed by atoms with Gasteiger partial charge in [0.15, 0.2) is 0 Å². The van der Waals surface area contributed by atoms with Crippen LogP contribution in [0.2, 0.25) is 0 Å². The topological polar surface area (TPSA) is 130 Å². The Morgan fingerprint density at radius 2 is 1.68 bits per heavy atom. The first-order chi connectivity index (χ1) is 19.1. The van der Waals surface area contributed by atoms with Gasteiger partial charge in [-0.3, -0.25) is 24.0 Å². The largest absolute Gasteiger partial charge is 0.354 e. The van der Waals surface area contributed by atoms with E-state index in [9.17, 15) is 28.1 Å². The predicted molar refractivity (Wildman–Crippen MR) is 153 cm³/mol. The number of sulfonamides is 1. The fourth-order valence-electron chi connectivity index (χ4n) is 4.10. The summed E-state index contributed by atoms with van der Waals surface area (Å²) in [5.41, 5.74) is 1.35. The van der Waals surface area contributed by atoms with Gasteiger partial charge in [-0.1, -0.05) is 61.9 Å². The van der Waals surface area contributed by atoms with Crippen LogP contribution in [0.3, 0.4) is 0 Å². The Balaban J connectivity index is 2.04. The minimum absolute atomic E-state index is 0.0395. The molecule has 1 N–H and O–H groups in total. The molecule has 0 unspecified atom stereocenters. The van der Waals surface area contributed by atoms with Gasteiger partial charge in [-0.05, 0) is 49.6 Å². The Morgan fingerprint density at radius 3 is 2.33 bits per heavy atom. The second kappa shape index (κ2) is 13.7. The van der Waals surface area contributed by atoms with Crippen LogP contribution in [0.1, 0.15) is 37.8 Å². The summed E-state index contributed by atoms with van der Waals surface area (Å²) in [6.07, 6.45) is 1.66. The molecule has 10 nitrogen and oxygen atoms in total. The van der Waals surface area contributed by atoms with Crippen LogP contribution < -0.4 is 9.62 Å². The lowest BCUT2D eigenvalue weighted by Gasteiger charge is -2.32. The summed E-state index contributed by atoms with van der Waals surface area (Å²) in [5, 5.41) is 14.3. The van der Waals surface area contributed by atoms with E-state index in [1.54, 1.807) is 25.1 Å². The van der Waals surface area contributed by atoms with Crippen molar-refractivity contribution >= 4 is 33.2 Å². The number of nitrogens with zero attached hydrogens (tertiary/aromatic N) is 3. The summed E-state index contributed by atoms with van der Waals surface area (Å²) in [6.45, 7) is 5.34. The van der Waals surface area contributed by atoms with E-state index < -0.39 is 33.4 Å². The first-order valence-electron chi connectivity index (χ1n) is 13.0. The molecule has 11 heteroatoms. The molecule has 3 aromatic rings. The predicted octanol–water partition coefficient (Wildman–Crippen LogP) is 4.43. The fraction of sp³-hybridized carbons (Fsp3) is 0.310. The molecule has 212 valence electrons. The molecule has 0 aliphatic carbocycles. The molecule has 1 atom stereocenters. The number of anilines is 1. The van der Waals surface area contributed by atoms with Crippen molar-refractivity contribution in [2.75, 3.05) is 17.4 Å². The van der Waals surface area contributed by atoms with Gasteiger partial charge in [0, 0.05) is 25.2 Å². The van der Waals surface area contributed by atoms with Crippen LogP contribution in [0, 0.1) is 17.0 Å². The van der Waals surface area contributed by atoms with Gasteiger partial charge in [0.05, 0.1) is 15.5 Å². The van der Waals surface area contributed by atoms with E-state index in [1.165, 1.54) is 35.2 Å². The number of carbonyl (C=O) groups excluding carboxylic acids is 2. The highest BCUT2D eigenvalue weighted by molar-refractivity contribution is 7.92. The number of rotatable bonds is 13. The second-order valence-corrected chi connectivity index (χ2v) is 11.2. The molecule has 2 amide bonds. The first kappa shape index (κ1) is 30.3. The number of unbranched alkanes of at least 4 members (excludes halogenated alkanes) is 1. The number of nitrogens with one attached hydrogen (secondary N) is 1. The summed E-state index contributed by atoms with van der Waals surface area (Å²) in [7, 11) is -4.31. The number of nitro groups is 1. The Labute approximate surface area is 234 Å². The lowest BCUT2D eigenvalue weighted by Crippen LogP contribution is -2.51. The monoisotopic (exact) mass is 566 g/mol. The third-order valence-electron chi connectivity index (χ3n) is 6.54. The number of non-ortho nitro benzene ring substituents is 1. The maximum atomic E-state index is 13.9. The van der Waals surface area contributed by atoms with Crippen molar-refractivity contribution in [3.8, 4) is 0 Å². The normalized spacial score (nSPS) is 11.9. The average molecular weight is 567 g/mol. The van der Waals surface area contributed by atoms with Crippen LogP contribution in [-0.2, 0) is 26.2 Å². The van der Waals surface area contributed by atoms with Gasteiger partial charge in [-0.25, -0.2) is 8.42 Å². The molecule has 0 aromatic heterocycles. The smallest absolute Gasteiger partial charge is 0.271 e. The third-order valence-corrected chi connectivity index (χ3v) is 8.33. The Kier molecular flexibility index (Phi) is 10.4. The van der Waals surface area contributed by atoms with Gasteiger partial charge < -0.3 is 10.2 Å². The third kappa shape index (κ3) is 7.44. The zero-order chi connectivity index (χ0) is 29.3. The van der Waals surface area contributed by atoms with Crippen LogP contribution >= 0.6 is 0 Å². The second-order valence-electron chi connectivity index (χ2n) is 9.37. The number of aryl methyl sites for hydroxylation is 1. The van der Waals surface area contributed by atoms with Crippen molar-refractivity contribution in [3.05, 3.63) is 100 Å². The van der Waals surface area contributed by atoms with Gasteiger partial charge in [0.1, 0.15) is 12.6 Å². The summed E-state index contributed by atoms with van der Waals surface area (Å²) in [5.74, 6) is -0.990. The lowest BCUT2D eigenvalue weighted by atomic mass is 10.1. The van der Waals surface area contributed by atoms with E-state index >= 15 is 0 Å².